The molecule has 8 heteroatoms. The topological polar surface area (TPSA) is 87.7 Å². The highest BCUT2D eigenvalue weighted by atomic mass is 32.1. The van der Waals surface area contributed by atoms with Gasteiger partial charge in [0.2, 0.25) is 11.8 Å². The van der Waals surface area contributed by atoms with Gasteiger partial charge in [0.25, 0.3) is 0 Å². The second-order valence-corrected chi connectivity index (χ2v) is 9.73. The van der Waals surface area contributed by atoms with Crippen LogP contribution in [0, 0.1) is 0 Å². The molecule has 0 heterocycles. The molecule has 1 aromatic rings. The van der Waals surface area contributed by atoms with Crippen LogP contribution in [-0.2, 0) is 20.7 Å². The SMILES string of the molecule is CCCCNC(=O)C(c1ccc(CC)cc1)N(C(=O)C(CS)NC(=O)OC(C)(C)C)C(C)C. The summed E-state index contributed by atoms with van der Waals surface area (Å²) in [5.74, 6) is -0.564. The van der Waals surface area contributed by atoms with Crippen molar-refractivity contribution in [3.8, 4) is 0 Å². The Bertz CT molecular complexity index is 775. The Morgan fingerprint density at radius 2 is 1.70 bits per heavy atom. The first-order chi connectivity index (χ1) is 15.4. The van der Waals surface area contributed by atoms with Crippen molar-refractivity contribution < 1.29 is 19.1 Å². The highest BCUT2D eigenvalue weighted by Gasteiger charge is 2.37. The zero-order chi connectivity index (χ0) is 25.2. The number of hydrogen-bond donors (Lipinski definition) is 3. The minimum atomic E-state index is -0.938. The lowest BCUT2D eigenvalue weighted by molar-refractivity contribution is -0.144. The fraction of sp³-hybridized carbons (Fsp3) is 0.640. The number of aryl methyl sites for hydroxylation is 1. The van der Waals surface area contributed by atoms with Crippen LogP contribution in [-0.4, -0.2) is 52.8 Å². The van der Waals surface area contributed by atoms with Crippen LogP contribution in [0.4, 0.5) is 4.79 Å². The maximum atomic E-state index is 13.6. The lowest BCUT2D eigenvalue weighted by atomic mass is 9.99. The van der Waals surface area contributed by atoms with Crippen LogP contribution in [0.2, 0.25) is 0 Å². The number of unbranched alkanes of at least 4 members (excludes halogenated alkanes) is 1. The molecule has 1 rings (SSSR count). The molecule has 0 aliphatic carbocycles. The molecule has 2 atom stereocenters. The molecular formula is C25H41N3O4S. The number of nitrogens with one attached hydrogen (secondary N) is 2. The fourth-order valence-corrected chi connectivity index (χ4v) is 3.60. The quantitative estimate of drug-likeness (QED) is 0.327. The van der Waals surface area contributed by atoms with Gasteiger partial charge in [-0.2, -0.15) is 12.6 Å². The smallest absolute Gasteiger partial charge is 0.408 e. The summed E-state index contributed by atoms with van der Waals surface area (Å²) in [7, 11) is 0. The Balaban J connectivity index is 3.30. The number of alkyl carbamates (subject to hydrolysis) is 1. The Hall–Kier alpha value is -2.22. The van der Waals surface area contributed by atoms with Crippen LogP contribution in [0.25, 0.3) is 0 Å². The molecule has 0 spiro atoms. The summed E-state index contributed by atoms with van der Waals surface area (Å²) in [6.07, 6.45) is 1.98. The summed E-state index contributed by atoms with van der Waals surface area (Å²) in [5.41, 5.74) is 1.17. The molecule has 2 unspecified atom stereocenters. The lowest BCUT2D eigenvalue weighted by Crippen LogP contribution is -2.55. The Kier molecular flexibility index (Phi) is 11.8. The second-order valence-electron chi connectivity index (χ2n) is 9.36. The van der Waals surface area contributed by atoms with Crippen molar-refractivity contribution in [3.05, 3.63) is 35.4 Å². The molecule has 0 bridgehead atoms. The number of thiol groups is 1. The van der Waals surface area contributed by atoms with Crippen LogP contribution >= 0.6 is 12.6 Å². The van der Waals surface area contributed by atoms with E-state index in [-0.39, 0.29) is 23.6 Å². The van der Waals surface area contributed by atoms with E-state index in [1.54, 1.807) is 20.8 Å². The van der Waals surface area contributed by atoms with Crippen molar-refractivity contribution in [2.75, 3.05) is 12.3 Å². The zero-order valence-electron chi connectivity index (χ0n) is 21.1. The van der Waals surface area contributed by atoms with Gasteiger partial charge in [-0.1, -0.05) is 44.5 Å². The summed E-state index contributed by atoms with van der Waals surface area (Å²) in [6, 6.07) is 5.66. The Morgan fingerprint density at radius 3 is 2.15 bits per heavy atom. The van der Waals surface area contributed by atoms with Crippen molar-refractivity contribution in [1.82, 2.24) is 15.5 Å². The van der Waals surface area contributed by atoms with E-state index in [4.69, 9.17) is 4.74 Å². The maximum Gasteiger partial charge on any atom is 0.408 e. The summed E-state index contributed by atoms with van der Waals surface area (Å²) in [6.45, 7) is 13.6. The molecule has 7 nitrogen and oxygen atoms in total. The van der Waals surface area contributed by atoms with E-state index in [1.807, 2.05) is 38.1 Å². The van der Waals surface area contributed by atoms with E-state index in [0.29, 0.717) is 6.54 Å². The number of rotatable bonds is 11. The molecule has 0 aromatic heterocycles. The molecule has 33 heavy (non-hydrogen) atoms. The first-order valence-corrected chi connectivity index (χ1v) is 12.4. The van der Waals surface area contributed by atoms with E-state index in [2.05, 4.69) is 37.1 Å². The molecule has 3 amide bonds. The van der Waals surface area contributed by atoms with Crippen LogP contribution in [0.1, 0.15) is 78.5 Å². The van der Waals surface area contributed by atoms with Gasteiger partial charge in [-0.3, -0.25) is 9.59 Å². The highest BCUT2D eigenvalue weighted by Crippen LogP contribution is 2.26. The normalized spacial score (nSPS) is 13.2. The zero-order valence-corrected chi connectivity index (χ0v) is 22.0. The molecule has 0 fully saturated rings. The average molecular weight is 480 g/mol. The van der Waals surface area contributed by atoms with Gasteiger partial charge in [-0.15, -0.1) is 0 Å². The van der Waals surface area contributed by atoms with Crippen molar-refractivity contribution in [1.29, 1.82) is 0 Å². The highest BCUT2D eigenvalue weighted by molar-refractivity contribution is 7.80. The molecule has 186 valence electrons. The first kappa shape index (κ1) is 28.8. The van der Waals surface area contributed by atoms with Crippen molar-refractivity contribution in [2.24, 2.45) is 0 Å². The molecule has 0 saturated heterocycles. The molecule has 0 saturated carbocycles. The van der Waals surface area contributed by atoms with Crippen LogP contribution in [0.5, 0.6) is 0 Å². The van der Waals surface area contributed by atoms with E-state index in [9.17, 15) is 14.4 Å². The summed E-state index contributed by atoms with van der Waals surface area (Å²) in [4.78, 5) is 40.8. The second kappa shape index (κ2) is 13.5. The van der Waals surface area contributed by atoms with Crippen LogP contribution in [0.15, 0.2) is 24.3 Å². The molecule has 0 aliphatic rings. The third-order valence-electron chi connectivity index (χ3n) is 5.04. The maximum absolute atomic E-state index is 13.6. The first-order valence-electron chi connectivity index (χ1n) is 11.7. The molecule has 1 aromatic carbocycles. The standard InChI is InChI=1S/C25H41N3O4S/c1-8-10-15-26-22(29)21(19-13-11-18(9-2)12-14-19)28(17(3)4)23(30)20(16-33)27-24(31)32-25(5,6)7/h11-14,17,20-21,33H,8-10,15-16H2,1-7H3,(H,26,29)(H,27,31). The van der Waals surface area contributed by atoms with E-state index in [1.165, 1.54) is 4.90 Å². The van der Waals surface area contributed by atoms with Gasteiger partial charge >= 0.3 is 6.09 Å². The number of hydrogen-bond acceptors (Lipinski definition) is 5. The van der Waals surface area contributed by atoms with Gasteiger partial charge in [0.05, 0.1) is 0 Å². The molecule has 0 aliphatic heterocycles. The third-order valence-corrected chi connectivity index (χ3v) is 5.41. The summed E-state index contributed by atoms with van der Waals surface area (Å²) in [5, 5.41) is 5.58. The average Bonchev–Trinajstić information content (AvgIpc) is 2.74. The lowest BCUT2D eigenvalue weighted by Gasteiger charge is -2.37. The number of carbonyl (C=O) groups is 3. The molecule has 2 N–H and O–H groups in total. The number of carbonyl (C=O) groups excluding carboxylic acids is 3. The summed E-state index contributed by atoms with van der Waals surface area (Å²) >= 11 is 4.29. The number of benzene rings is 1. The van der Waals surface area contributed by atoms with Gasteiger partial charge in [0, 0.05) is 18.3 Å². The summed E-state index contributed by atoms with van der Waals surface area (Å²) < 4.78 is 5.31. The van der Waals surface area contributed by atoms with Crippen molar-refractivity contribution in [2.45, 2.75) is 91.5 Å². The monoisotopic (exact) mass is 479 g/mol. The van der Waals surface area contributed by atoms with E-state index >= 15 is 0 Å². The largest absolute Gasteiger partial charge is 0.444 e. The molecular weight excluding hydrogens is 438 g/mol. The van der Waals surface area contributed by atoms with E-state index < -0.39 is 23.8 Å². The molecule has 0 radical (unpaired) electrons. The van der Waals surface area contributed by atoms with Gasteiger partial charge in [-0.05, 0) is 58.6 Å². The number of ether oxygens (including phenoxy) is 1. The fourth-order valence-electron chi connectivity index (χ4n) is 3.35. The minimum Gasteiger partial charge on any atom is -0.444 e. The van der Waals surface area contributed by atoms with Gasteiger partial charge in [0.15, 0.2) is 0 Å². The number of nitrogens with zero attached hydrogens (tertiary/aromatic N) is 1. The van der Waals surface area contributed by atoms with Crippen molar-refractivity contribution in [3.63, 3.8) is 0 Å². The minimum absolute atomic E-state index is 0.0697. The Labute approximate surface area is 204 Å². The predicted octanol–water partition coefficient (Wildman–Crippen LogP) is 4.27. The van der Waals surface area contributed by atoms with Gasteiger partial charge < -0.3 is 20.3 Å². The van der Waals surface area contributed by atoms with Crippen LogP contribution < -0.4 is 10.6 Å². The third kappa shape index (κ3) is 9.27. The van der Waals surface area contributed by atoms with E-state index in [0.717, 1.165) is 30.4 Å². The van der Waals surface area contributed by atoms with Crippen molar-refractivity contribution >= 4 is 30.5 Å². The predicted molar refractivity (Wildman–Crippen MR) is 135 cm³/mol. The van der Waals surface area contributed by atoms with Crippen LogP contribution in [0.3, 0.4) is 0 Å². The Morgan fingerprint density at radius 1 is 1.09 bits per heavy atom. The number of amides is 3. The van der Waals surface area contributed by atoms with Gasteiger partial charge in [0.1, 0.15) is 17.7 Å². The van der Waals surface area contributed by atoms with Gasteiger partial charge in [-0.25, -0.2) is 4.79 Å².